The first-order valence-electron chi connectivity index (χ1n) is 11.9. The quantitative estimate of drug-likeness (QED) is 0.369. The fourth-order valence-electron chi connectivity index (χ4n) is 4.79. The SMILES string of the molecule is CC(C)(O)C#Cc1ncccc1-c1cc2c(n3cnnc13)N(C(=O)O)Cc1c(F)ccc3c1[C@@H](CO3)CO2. The van der Waals surface area contributed by atoms with E-state index >= 15 is 4.39 Å². The number of aromatic nitrogens is 4. The molecule has 0 radical (unpaired) electrons. The second kappa shape index (κ2) is 8.71. The highest BCUT2D eigenvalue weighted by atomic mass is 19.1. The van der Waals surface area contributed by atoms with Gasteiger partial charge in [0.2, 0.25) is 0 Å². The zero-order chi connectivity index (χ0) is 26.6. The van der Waals surface area contributed by atoms with E-state index in [1.165, 1.54) is 16.8 Å². The van der Waals surface area contributed by atoms with Crippen LogP contribution in [0.25, 0.3) is 16.8 Å². The van der Waals surface area contributed by atoms with E-state index < -0.39 is 17.5 Å². The minimum absolute atomic E-state index is 0.134. The molecule has 192 valence electrons. The number of fused-ring (bicyclic) bond motifs is 3. The maximum absolute atomic E-state index is 15.1. The molecule has 5 heterocycles. The maximum Gasteiger partial charge on any atom is 0.413 e. The number of ether oxygens (including phenoxy) is 2. The Morgan fingerprint density at radius 3 is 2.74 bits per heavy atom. The van der Waals surface area contributed by atoms with E-state index in [4.69, 9.17) is 9.47 Å². The van der Waals surface area contributed by atoms with E-state index in [9.17, 15) is 15.0 Å². The van der Waals surface area contributed by atoms with Crippen LogP contribution in [-0.2, 0) is 6.54 Å². The van der Waals surface area contributed by atoms with Gasteiger partial charge >= 0.3 is 6.09 Å². The zero-order valence-electron chi connectivity index (χ0n) is 20.5. The van der Waals surface area contributed by atoms with Crippen LogP contribution in [0.5, 0.6) is 11.5 Å². The van der Waals surface area contributed by atoms with Crippen molar-refractivity contribution in [2.24, 2.45) is 0 Å². The number of halogens is 1. The van der Waals surface area contributed by atoms with Gasteiger partial charge in [0.25, 0.3) is 0 Å². The number of anilines is 1. The summed E-state index contributed by atoms with van der Waals surface area (Å²) >= 11 is 0. The van der Waals surface area contributed by atoms with Crippen molar-refractivity contribution >= 4 is 17.6 Å². The molecule has 1 aromatic carbocycles. The molecule has 0 saturated heterocycles. The molecule has 3 aromatic heterocycles. The highest BCUT2D eigenvalue weighted by Crippen LogP contribution is 2.43. The molecule has 6 rings (SSSR count). The van der Waals surface area contributed by atoms with Gasteiger partial charge in [-0.3, -0.25) is 9.30 Å². The molecule has 4 aromatic rings. The maximum atomic E-state index is 15.1. The van der Waals surface area contributed by atoms with Crippen molar-refractivity contribution in [2.75, 3.05) is 18.1 Å². The van der Waals surface area contributed by atoms with Gasteiger partial charge in [0.05, 0.1) is 25.7 Å². The summed E-state index contributed by atoms with van der Waals surface area (Å²) in [6.45, 7) is 3.30. The van der Waals surface area contributed by atoms with Gasteiger partial charge in [0.15, 0.2) is 17.2 Å². The standard InChI is InChI=1S/C27H22FN5O5/c1-27(2,36)8-7-20-16(4-3-9-29-20)17-10-22-25(33-14-30-31-24(17)33)32(26(34)35)11-18-19(28)5-6-21-23(18)15(12-37-21)13-38-22/h3-6,9-10,14-15,36H,11-13H2,1-2H3,(H,34,35)/t15-/m0/s1. The fourth-order valence-corrected chi connectivity index (χ4v) is 4.79. The van der Waals surface area contributed by atoms with Gasteiger partial charge in [-0.25, -0.2) is 14.2 Å². The Labute approximate surface area is 216 Å². The number of carboxylic acid groups (broad SMARTS) is 1. The smallest absolute Gasteiger partial charge is 0.413 e. The molecule has 10 nitrogen and oxygen atoms in total. The number of hydrogen-bond donors (Lipinski definition) is 2. The van der Waals surface area contributed by atoms with Crippen molar-refractivity contribution in [1.29, 1.82) is 0 Å². The lowest BCUT2D eigenvalue weighted by Gasteiger charge is -2.24. The molecular formula is C27H22FN5O5. The number of nitrogens with zero attached hydrogens (tertiary/aromatic N) is 5. The average Bonchev–Trinajstić information content (AvgIpc) is 3.53. The second-order valence-corrected chi connectivity index (χ2v) is 9.60. The Bertz CT molecular complexity index is 1670. The van der Waals surface area contributed by atoms with E-state index in [1.807, 2.05) is 0 Å². The van der Waals surface area contributed by atoms with Crippen molar-refractivity contribution in [3.05, 3.63) is 65.5 Å². The van der Waals surface area contributed by atoms with Crippen molar-refractivity contribution < 1.29 is 28.9 Å². The van der Waals surface area contributed by atoms with E-state index in [-0.39, 0.29) is 42.8 Å². The van der Waals surface area contributed by atoms with Crippen LogP contribution in [0.4, 0.5) is 15.0 Å². The van der Waals surface area contributed by atoms with Gasteiger partial charge < -0.3 is 19.7 Å². The molecule has 2 aliphatic rings. The molecule has 2 aliphatic heterocycles. The minimum Gasteiger partial charge on any atom is -0.493 e. The van der Waals surface area contributed by atoms with E-state index in [0.717, 1.165) is 4.90 Å². The van der Waals surface area contributed by atoms with Gasteiger partial charge in [-0.2, -0.15) is 0 Å². The van der Waals surface area contributed by atoms with E-state index in [2.05, 4.69) is 27.0 Å². The van der Waals surface area contributed by atoms with Gasteiger partial charge in [0, 0.05) is 28.5 Å². The van der Waals surface area contributed by atoms with Crippen LogP contribution in [0.15, 0.2) is 42.9 Å². The first kappa shape index (κ1) is 23.7. The minimum atomic E-state index is -1.30. The topological polar surface area (TPSA) is 122 Å². The van der Waals surface area contributed by atoms with Crippen LogP contribution in [0, 0.1) is 17.7 Å². The summed E-state index contributed by atoms with van der Waals surface area (Å²) in [6, 6.07) is 8.04. The molecule has 0 fully saturated rings. The van der Waals surface area contributed by atoms with Gasteiger partial charge in [-0.05, 0) is 50.1 Å². The summed E-state index contributed by atoms with van der Waals surface area (Å²) in [6.07, 6.45) is 1.67. The largest absolute Gasteiger partial charge is 0.493 e. The number of hydrogen-bond acceptors (Lipinski definition) is 7. The molecule has 1 amide bonds. The van der Waals surface area contributed by atoms with Crippen LogP contribution in [0.3, 0.4) is 0 Å². The Morgan fingerprint density at radius 2 is 1.97 bits per heavy atom. The molecular weight excluding hydrogens is 493 g/mol. The predicted octanol–water partition coefficient (Wildman–Crippen LogP) is 3.61. The Hall–Kier alpha value is -4.69. The first-order chi connectivity index (χ1) is 18.2. The van der Waals surface area contributed by atoms with Crippen LogP contribution in [-0.4, -0.2) is 54.7 Å². The molecule has 38 heavy (non-hydrogen) atoms. The monoisotopic (exact) mass is 515 g/mol. The van der Waals surface area contributed by atoms with Gasteiger partial charge in [-0.15, -0.1) is 10.2 Å². The molecule has 0 bridgehead atoms. The number of benzene rings is 1. The lowest BCUT2D eigenvalue weighted by Crippen LogP contribution is -2.31. The number of aliphatic hydroxyl groups is 1. The number of amides is 1. The molecule has 0 unspecified atom stereocenters. The summed E-state index contributed by atoms with van der Waals surface area (Å²) < 4.78 is 28.6. The normalized spacial score (nSPS) is 16.2. The van der Waals surface area contributed by atoms with E-state index in [1.54, 1.807) is 44.3 Å². The highest BCUT2D eigenvalue weighted by molar-refractivity contribution is 5.91. The molecule has 11 heteroatoms. The van der Waals surface area contributed by atoms with Crippen molar-refractivity contribution in [2.45, 2.75) is 31.9 Å². The van der Waals surface area contributed by atoms with Crippen LogP contribution in [0.2, 0.25) is 0 Å². The lowest BCUT2D eigenvalue weighted by molar-refractivity contribution is 0.143. The molecule has 1 atom stereocenters. The Kier molecular flexibility index (Phi) is 5.43. The third-order valence-electron chi connectivity index (χ3n) is 6.45. The fraction of sp³-hybridized carbons (Fsp3) is 0.259. The number of carbonyl (C=O) groups is 1. The summed E-state index contributed by atoms with van der Waals surface area (Å²) in [5.41, 5.74) is 1.48. The average molecular weight is 516 g/mol. The van der Waals surface area contributed by atoms with Crippen molar-refractivity contribution in [1.82, 2.24) is 19.6 Å². The number of pyridine rings is 2. The number of rotatable bonds is 1. The van der Waals surface area contributed by atoms with Crippen LogP contribution < -0.4 is 14.4 Å². The molecule has 0 aliphatic carbocycles. The predicted molar refractivity (Wildman–Crippen MR) is 134 cm³/mol. The first-order valence-corrected chi connectivity index (χ1v) is 11.9. The second-order valence-electron chi connectivity index (χ2n) is 9.60. The van der Waals surface area contributed by atoms with Crippen LogP contribution >= 0.6 is 0 Å². The summed E-state index contributed by atoms with van der Waals surface area (Å²) in [5.74, 6) is 5.78. The highest BCUT2D eigenvalue weighted by Gasteiger charge is 2.35. The van der Waals surface area contributed by atoms with Gasteiger partial charge in [0.1, 0.15) is 29.2 Å². The molecule has 2 N–H and O–H groups in total. The third kappa shape index (κ3) is 3.95. The van der Waals surface area contributed by atoms with Gasteiger partial charge in [-0.1, -0.05) is 5.92 Å². The zero-order valence-corrected chi connectivity index (χ0v) is 20.5. The van der Waals surface area contributed by atoms with Crippen molar-refractivity contribution in [3.63, 3.8) is 0 Å². The Balaban J connectivity index is 1.58. The van der Waals surface area contributed by atoms with E-state index in [0.29, 0.717) is 33.8 Å². The lowest BCUT2D eigenvalue weighted by atomic mass is 9.95. The summed E-state index contributed by atoms with van der Waals surface area (Å²) in [4.78, 5) is 18.0. The molecule has 0 saturated carbocycles. The Morgan fingerprint density at radius 1 is 1.18 bits per heavy atom. The van der Waals surface area contributed by atoms with Crippen LogP contribution in [0.1, 0.15) is 36.6 Å². The van der Waals surface area contributed by atoms with Crippen molar-refractivity contribution in [3.8, 4) is 34.5 Å². The summed E-state index contributed by atoms with van der Waals surface area (Å²) in [5, 5.41) is 28.6. The third-order valence-corrected chi connectivity index (χ3v) is 6.45. The molecule has 0 spiro atoms. The summed E-state index contributed by atoms with van der Waals surface area (Å²) in [7, 11) is 0.